The number of halogens is 1. The van der Waals surface area contributed by atoms with Crippen LogP contribution in [0.15, 0.2) is 6.07 Å². The van der Waals surface area contributed by atoms with Crippen LogP contribution in [0.5, 0.6) is 0 Å². The first-order valence-electron chi connectivity index (χ1n) is 7.12. The highest BCUT2D eigenvalue weighted by molar-refractivity contribution is 9.09. The molecule has 1 amide bonds. The minimum absolute atomic E-state index is 0.0960. The van der Waals surface area contributed by atoms with Gasteiger partial charge in [0.05, 0.1) is 4.88 Å². The van der Waals surface area contributed by atoms with E-state index in [1.165, 1.54) is 29.7 Å². The van der Waals surface area contributed by atoms with Gasteiger partial charge in [-0.2, -0.15) is 0 Å². The van der Waals surface area contributed by atoms with Gasteiger partial charge in [-0.3, -0.25) is 4.79 Å². The second kappa shape index (κ2) is 6.89. The van der Waals surface area contributed by atoms with Crippen LogP contribution in [0.2, 0.25) is 0 Å². The average molecular weight is 344 g/mol. The molecule has 0 fully saturated rings. The van der Waals surface area contributed by atoms with Gasteiger partial charge in [0, 0.05) is 15.7 Å². The maximum Gasteiger partial charge on any atom is 0.261 e. The Kier molecular flexibility index (Phi) is 5.46. The lowest BCUT2D eigenvalue weighted by Crippen LogP contribution is -2.33. The monoisotopic (exact) mass is 343 g/mol. The fraction of sp³-hybridized carbons (Fsp3) is 0.667. The van der Waals surface area contributed by atoms with Crippen LogP contribution < -0.4 is 5.32 Å². The van der Waals surface area contributed by atoms with Gasteiger partial charge in [-0.05, 0) is 50.7 Å². The number of alkyl halides is 1. The molecule has 19 heavy (non-hydrogen) atoms. The molecule has 0 bridgehead atoms. The largest absolute Gasteiger partial charge is 0.349 e. The lowest BCUT2D eigenvalue weighted by Gasteiger charge is -2.14. The Morgan fingerprint density at radius 3 is 2.84 bits per heavy atom. The van der Waals surface area contributed by atoms with Crippen LogP contribution in [0.4, 0.5) is 0 Å². The van der Waals surface area contributed by atoms with Gasteiger partial charge in [0.25, 0.3) is 5.91 Å². The quantitative estimate of drug-likeness (QED) is 0.640. The molecule has 1 aliphatic carbocycles. The van der Waals surface area contributed by atoms with E-state index < -0.39 is 0 Å². The fourth-order valence-corrected chi connectivity index (χ4v) is 4.34. The van der Waals surface area contributed by atoms with Gasteiger partial charge in [-0.25, -0.2) is 0 Å². The molecule has 2 nitrogen and oxygen atoms in total. The molecular formula is C15H22BrNOS. The molecule has 106 valence electrons. The first kappa shape index (κ1) is 15.0. The highest BCUT2D eigenvalue weighted by Crippen LogP contribution is 2.29. The molecule has 1 aromatic rings. The average Bonchev–Trinajstić information content (AvgIpc) is 2.60. The number of amides is 1. The van der Waals surface area contributed by atoms with Crippen molar-refractivity contribution in [1.29, 1.82) is 0 Å². The van der Waals surface area contributed by atoms with Crippen LogP contribution in [0.3, 0.4) is 0 Å². The first-order valence-corrected chi connectivity index (χ1v) is 8.86. The molecule has 0 saturated heterocycles. The molecule has 4 heteroatoms. The molecule has 0 saturated carbocycles. The summed E-state index contributed by atoms with van der Waals surface area (Å²) in [5.41, 5.74) is 1.41. The standard InChI is InChI=1S/C15H22BrNOS/c1-10(16)8-11(2)17-15(18)14-9-12-6-4-3-5-7-13(12)19-14/h9-11H,3-8H2,1-2H3,(H,17,18). The van der Waals surface area contributed by atoms with Gasteiger partial charge in [-0.15, -0.1) is 11.3 Å². The first-order chi connectivity index (χ1) is 9.06. The molecule has 0 aromatic carbocycles. The number of rotatable bonds is 4. The third-order valence-electron chi connectivity index (χ3n) is 3.53. The molecule has 1 heterocycles. The summed E-state index contributed by atoms with van der Waals surface area (Å²) in [6.45, 7) is 4.17. The Morgan fingerprint density at radius 2 is 2.11 bits per heavy atom. The van der Waals surface area contributed by atoms with E-state index in [0.29, 0.717) is 4.83 Å². The van der Waals surface area contributed by atoms with Crippen LogP contribution in [-0.2, 0) is 12.8 Å². The summed E-state index contributed by atoms with van der Waals surface area (Å²) in [6, 6.07) is 2.33. The number of fused-ring (bicyclic) bond motifs is 1. The zero-order valence-electron chi connectivity index (χ0n) is 11.7. The smallest absolute Gasteiger partial charge is 0.261 e. The minimum atomic E-state index is 0.0960. The fourth-order valence-electron chi connectivity index (χ4n) is 2.62. The van der Waals surface area contributed by atoms with Crippen molar-refractivity contribution in [3.63, 3.8) is 0 Å². The summed E-state index contributed by atoms with van der Waals surface area (Å²) in [5.74, 6) is 0.0960. The number of hydrogen-bond acceptors (Lipinski definition) is 2. The van der Waals surface area contributed by atoms with E-state index in [1.54, 1.807) is 11.3 Å². The van der Waals surface area contributed by atoms with Gasteiger partial charge in [0.2, 0.25) is 0 Å². The van der Waals surface area contributed by atoms with Crippen LogP contribution in [0, 0.1) is 0 Å². The third-order valence-corrected chi connectivity index (χ3v) is 5.14. The van der Waals surface area contributed by atoms with Crippen molar-refractivity contribution in [3.05, 3.63) is 21.4 Å². The van der Waals surface area contributed by atoms with Gasteiger partial charge in [-0.1, -0.05) is 29.3 Å². The Morgan fingerprint density at radius 1 is 1.37 bits per heavy atom. The predicted molar refractivity (Wildman–Crippen MR) is 85.5 cm³/mol. The van der Waals surface area contributed by atoms with Crippen molar-refractivity contribution in [3.8, 4) is 0 Å². The van der Waals surface area contributed by atoms with Gasteiger partial charge in [0.15, 0.2) is 0 Å². The van der Waals surface area contributed by atoms with Crippen molar-refractivity contribution < 1.29 is 4.79 Å². The highest BCUT2D eigenvalue weighted by Gasteiger charge is 2.18. The maximum atomic E-state index is 12.2. The molecule has 2 unspecified atom stereocenters. The molecule has 2 atom stereocenters. The molecule has 1 aliphatic rings. The second-order valence-electron chi connectivity index (χ2n) is 5.51. The number of aryl methyl sites for hydroxylation is 2. The third kappa shape index (κ3) is 4.32. The van der Waals surface area contributed by atoms with Crippen LogP contribution in [-0.4, -0.2) is 16.8 Å². The second-order valence-corrected chi connectivity index (χ2v) is 8.21. The van der Waals surface area contributed by atoms with Crippen LogP contribution in [0.1, 0.15) is 59.6 Å². The molecule has 0 radical (unpaired) electrons. The molecule has 1 aromatic heterocycles. The lowest BCUT2D eigenvalue weighted by molar-refractivity contribution is 0.0943. The van der Waals surface area contributed by atoms with Crippen molar-refractivity contribution in [2.24, 2.45) is 0 Å². The summed E-state index contributed by atoms with van der Waals surface area (Å²) in [5, 5.41) is 3.09. The Bertz CT molecular complexity index is 418. The minimum Gasteiger partial charge on any atom is -0.349 e. The summed E-state index contributed by atoms with van der Waals surface area (Å²) >= 11 is 5.22. The zero-order chi connectivity index (χ0) is 13.8. The number of nitrogens with one attached hydrogen (secondary N) is 1. The zero-order valence-corrected chi connectivity index (χ0v) is 14.1. The van der Waals surface area contributed by atoms with E-state index in [2.05, 4.69) is 41.2 Å². The van der Waals surface area contributed by atoms with E-state index in [1.807, 2.05) is 0 Å². The van der Waals surface area contributed by atoms with E-state index in [9.17, 15) is 4.79 Å². The number of carbonyl (C=O) groups excluding carboxylic acids is 1. The van der Waals surface area contributed by atoms with Crippen molar-refractivity contribution >= 4 is 33.2 Å². The van der Waals surface area contributed by atoms with Crippen molar-refractivity contribution in [2.75, 3.05) is 0 Å². The molecule has 2 rings (SSSR count). The topological polar surface area (TPSA) is 29.1 Å². The summed E-state index contributed by atoms with van der Waals surface area (Å²) < 4.78 is 0. The molecule has 1 N–H and O–H groups in total. The number of thiophene rings is 1. The van der Waals surface area contributed by atoms with Crippen LogP contribution >= 0.6 is 27.3 Å². The molecule has 0 spiro atoms. The Hall–Kier alpha value is -0.350. The SMILES string of the molecule is CC(Br)CC(C)NC(=O)c1cc2c(s1)CCCCC2. The number of hydrogen-bond donors (Lipinski definition) is 1. The lowest BCUT2D eigenvalue weighted by atomic mass is 10.1. The Balaban J connectivity index is 2.00. The summed E-state index contributed by atoms with van der Waals surface area (Å²) in [4.78, 5) is 15.0. The predicted octanol–water partition coefficient (Wildman–Crippen LogP) is 4.31. The Labute approximate surface area is 128 Å². The summed E-state index contributed by atoms with van der Waals surface area (Å²) in [7, 11) is 0. The number of carbonyl (C=O) groups is 1. The van der Waals surface area contributed by atoms with E-state index in [0.717, 1.165) is 24.1 Å². The molecular weight excluding hydrogens is 322 g/mol. The molecule has 0 aliphatic heterocycles. The maximum absolute atomic E-state index is 12.2. The van der Waals surface area contributed by atoms with Crippen molar-refractivity contribution in [1.82, 2.24) is 5.32 Å². The van der Waals surface area contributed by atoms with Gasteiger partial charge >= 0.3 is 0 Å². The van der Waals surface area contributed by atoms with Gasteiger partial charge in [0.1, 0.15) is 0 Å². The highest BCUT2D eigenvalue weighted by atomic mass is 79.9. The normalized spacial score (nSPS) is 18.3. The van der Waals surface area contributed by atoms with Crippen molar-refractivity contribution in [2.45, 2.75) is 63.2 Å². The van der Waals surface area contributed by atoms with E-state index >= 15 is 0 Å². The summed E-state index contributed by atoms with van der Waals surface area (Å²) in [6.07, 6.45) is 7.11. The van der Waals surface area contributed by atoms with E-state index in [4.69, 9.17) is 0 Å². The van der Waals surface area contributed by atoms with Gasteiger partial charge < -0.3 is 5.32 Å². The van der Waals surface area contributed by atoms with Crippen LogP contribution in [0.25, 0.3) is 0 Å². The van der Waals surface area contributed by atoms with E-state index in [-0.39, 0.29) is 11.9 Å².